The maximum Gasteiger partial charge on any atom is 0.339 e. The van der Waals surface area contributed by atoms with Gasteiger partial charge in [0.2, 0.25) is 0 Å². The number of carbonyl (C=O) groups is 1. The van der Waals surface area contributed by atoms with E-state index in [1.807, 2.05) is 0 Å². The molecular formula is C7H15NO6P-. The molecule has 0 aliphatic carbocycles. The fourth-order valence-corrected chi connectivity index (χ4v) is 1.85. The number of carboxylic acids is 1. The van der Waals surface area contributed by atoms with Crippen molar-refractivity contribution < 1.29 is 29.4 Å². The minimum atomic E-state index is -4.25. The van der Waals surface area contributed by atoms with Crippen molar-refractivity contribution in [3.8, 4) is 0 Å². The maximum atomic E-state index is 10.6. The van der Waals surface area contributed by atoms with Crippen molar-refractivity contribution in [2.75, 3.05) is 26.0 Å². The third-order valence-electron chi connectivity index (χ3n) is 1.62. The van der Waals surface area contributed by atoms with E-state index in [9.17, 15) is 14.5 Å². The first kappa shape index (κ1) is 14.5. The molecule has 0 aliphatic rings. The molecule has 0 aromatic rings. The Balaban J connectivity index is 4.06. The van der Waals surface area contributed by atoms with Crippen LogP contribution < -0.4 is 5.11 Å². The Morgan fingerprint density at radius 3 is 2.33 bits per heavy atom. The van der Waals surface area contributed by atoms with Gasteiger partial charge in [0, 0.05) is 13.2 Å². The molecule has 0 fully saturated rings. The average Bonchev–Trinajstić information content (AvgIpc) is 2.00. The van der Waals surface area contributed by atoms with Crippen LogP contribution in [0.25, 0.3) is 0 Å². The molecule has 0 amide bonds. The zero-order chi connectivity index (χ0) is 11.9. The molecule has 0 aromatic carbocycles. The number of unbranched alkanes of at least 4 members (excludes halogenated alkanes) is 1. The summed E-state index contributed by atoms with van der Waals surface area (Å²) in [5.74, 6) is -1.38. The largest absolute Gasteiger partial charge is 0.549 e. The van der Waals surface area contributed by atoms with Crippen LogP contribution >= 0.6 is 7.60 Å². The minimum absolute atomic E-state index is 0.0327. The molecule has 7 nitrogen and oxygen atoms in total. The standard InChI is InChI=1S/C7H16NO6P/c9-4-2-1-3-8(5-7(10)11)6-15(12,13)14/h9H,1-6H2,(H,10,11)(H2,12,13,14)/p-1. The van der Waals surface area contributed by atoms with Crippen LogP contribution in [0.4, 0.5) is 0 Å². The molecule has 0 aromatic heterocycles. The van der Waals surface area contributed by atoms with Crippen LogP contribution in [0.5, 0.6) is 0 Å². The van der Waals surface area contributed by atoms with Crippen LogP contribution in [0.2, 0.25) is 0 Å². The third-order valence-corrected chi connectivity index (χ3v) is 2.39. The van der Waals surface area contributed by atoms with Crippen molar-refractivity contribution in [3.05, 3.63) is 0 Å². The lowest BCUT2D eigenvalue weighted by Gasteiger charge is -2.22. The molecule has 0 saturated heterocycles. The van der Waals surface area contributed by atoms with E-state index in [-0.39, 0.29) is 13.2 Å². The Morgan fingerprint density at radius 2 is 1.93 bits per heavy atom. The van der Waals surface area contributed by atoms with Gasteiger partial charge in [0.15, 0.2) is 0 Å². The lowest BCUT2D eigenvalue weighted by molar-refractivity contribution is -0.306. The SMILES string of the molecule is O=C([O-])CN(CCCCO)CP(=O)(O)O. The molecule has 0 atom stereocenters. The van der Waals surface area contributed by atoms with Gasteiger partial charge in [-0.3, -0.25) is 9.46 Å². The summed E-state index contributed by atoms with van der Waals surface area (Å²) in [7, 11) is -4.25. The predicted octanol–water partition coefficient (Wildman–Crippen LogP) is -2.05. The van der Waals surface area contributed by atoms with Gasteiger partial charge in [0.25, 0.3) is 0 Å². The molecule has 3 N–H and O–H groups in total. The lowest BCUT2D eigenvalue weighted by atomic mass is 10.3. The fraction of sp³-hybridized carbons (Fsp3) is 0.857. The van der Waals surface area contributed by atoms with E-state index in [2.05, 4.69) is 0 Å². The van der Waals surface area contributed by atoms with Crippen LogP contribution in [0.15, 0.2) is 0 Å². The summed E-state index contributed by atoms with van der Waals surface area (Å²) in [6.07, 6.45) is 0.334. The molecule has 0 rings (SSSR count). The third kappa shape index (κ3) is 9.84. The van der Waals surface area contributed by atoms with E-state index in [1.54, 1.807) is 0 Å². The van der Waals surface area contributed by atoms with Gasteiger partial charge >= 0.3 is 7.60 Å². The Hall–Kier alpha value is -0.460. The highest BCUT2D eigenvalue weighted by Gasteiger charge is 2.18. The quantitative estimate of drug-likeness (QED) is 0.329. The number of aliphatic carboxylic acids is 1. The molecule has 0 unspecified atom stereocenters. The summed E-state index contributed by atoms with van der Waals surface area (Å²) in [6, 6.07) is 0. The number of rotatable bonds is 8. The average molecular weight is 240 g/mol. The molecule has 0 aliphatic heterocycles. The molecule has 15 heavy (non-hydrogen) atoms. The monoisotopic (exact) mass is 240 g/mol. The first-order chi connectivity index (χ1) is 6.85. The minimum Gasteiger partial charge on any atom is -0.549 e. The van der Waals surface area contributed by atoms with Crippen LogP contribution in [0.1, 0.15) is 12.8 Å². The molecule has 0 spiro atoms. The summed E-state index contributed by atoms with van der Waals surface area (Å²) in [6.45, 7) is -0.342. The Bertz CT molecular complexity index is 240. The van der Waals surface area contributed by atoms with E-state index in [1.165, 1.54) is 0 Å². The van der Waals surface area contributed by atoms with Crippen LogP contribution in [0, 0.1) is 0 Å². The molecule has 0 radical (unpaired) electrons. The van der Waals surface area contributed by atoms with Gasteiger partial charge < -0.3 is 24.8 Å². The number of carboxylic acid groups (broad SMARTS) is 1. The van der Waals surface area contributed by atoms with Gasteiger partial charge in [-0.2, -0.15) is 0 Å². The van der Waals surface area contributed by atoms with E-state index < -0.39 is 26.4 Å². The van der Waals surface area contributed by atoms with Crippen LogP contribution in [-0.2, 0) is 9.36 Å². The van der Waals surface area contributed by atoms with Crippen molar-refractivity contribution in [1.29, 1.82) is 0 Å². The summed E-state index contributed by atoms with van der Waals surface area (Å²) < 4.78 is 10.6. The van der Waals surface area contributed by atoms with E-state index in [0.29, 0.717) is 12.8 Å². The maximum absolute atomic E-state index is 10.6. The summed E-state index contributed by atoms with van der Waals surface area (Å²) in [5.41, 5.74) is 0. The predicted molar refractivity (Wildman–Crippen MR) is 49.8 cm³/mol. The molecule has 8 heteroatoms. The summed E-state index contributed by atoms with van der Waals surface area (Å²) >= 11 is 0. The van der Waals surface area contributed by atoms with Crippen LogP contribution in [0.3, 0.4) is 0 Å². The van der Waals surface area contributed by atoms with Crippen LogP contribution in [-0.4, -0.2) is 51.7 Å². The number of aliphatic hydroxyl groups is 1. The number of nitrogens with zero attached hydrogens (tertiary/aromatic N) is 1. The second-order valence-electron chi connectivity index (χ2n) is 3.16. The highest BCUT2D eigenvalue weighted by atomic mass is 31.2. The smallest absolute Gasteiger partial charge is 0.339 e. The van der Waals surface area contributed by atoms with Gasteiger partial charge in [-0.25, -0.2) is 0 Å². The first-order valence-electron chi connectivity index (χ1n) is 4.43. The highest BCUT2D eigenvalue weighted by molar-refractivity contribution is 7.51. The van der Waals surface area contributed by atoms with E-state index in [4.69, 9.17) is 14.9 Å². The molecule has 0 saturated carbocycles. The number of aliphatic hydroxyl groups excluding tert-OH is 1. The van der Waals surface area contributed by atoms with Crippen molar-refractivity contribution in [1.82, 2.24) is 4.90 Å². The molecule has 90 valence electrons. The Labute approximate surface area is 87.5 Å². The highest BCUT2D eigenvalue weighted by Crippen LogP contribution is 2.34. The zero-order valence-corrected chi connectivity index (χ0v) is 9.10. The van der Waals surface area contributed by atoms with E-state index >= 15 is 0 Å². The molecule has 0 heterocycles. The van der Waals surface area contributed by atoms with Crippen molar-refractivity contribution in [2.45, 2.75) is 12.8 Å². The van der Waals surface area contributed by atoms with Gasteiger partial charge in [0.05, 0.1) is 5.97 Å². The topological polar surface area (TPSA) is 121 Å². The van der Waals surface area contributed by atoms with Gasteiger partial charge in [-0.05, 0) is 19.4 Å². The van der Waals surface area contributed by atoms with Gasteiger partial charge in [-0.1, -0.05) is 0 Å². The van der Waals surface area contributed by atoms with Crippen molar-refractivity contribution in [2.24, 2.45) is 0 Å². The summed E-state index contributed by atoms with van der Waals surface area (Å²) in [4.78, 5) is 28.7. The van der Waals surface area contributed by atoms with Gasteiger partial charge in [-0.15, -0.1) is 0 Å². The normalized spacial score (nSPS) is 12.0. The van der Waals surface area contributed by atoms with Crippen molar-refractivity contribution >= 4 is 13.6 Å². The molecule has 0 bridgehead atoms. The summed E-state index contributed by atoms with van der Waals surface area (Å²) in [5, 5.41) is 18.8. The van der Waals surface area contributed by atoms with Gasteiger partial charge in [0.1, 0.15) is 6.29 Å². The lowest BCUT2D eigenvalue weighted by Crippen LogP contribution is -2.39. The fourth-order valence-electron chi connectivity index (χ4n) is 1.09. The number of carbonyl (C=O) groups excluding carboxylic acids is 1. The Kier molecular flexibility index (Phi) is 6.71. The number of hydrogen-bond donors (Lipinski definition) is 3. The molecular weight excluding hydrogens is 225 g/mol. The zero-order valence-electron chi connectivity index (χ0n) is 8.20. The Morgan fingerprint density at radius 1 is 1.33 bits per heavy atom. The first-order valence-corrected chi connectivity index (χ1v) is 6.22. The van der Waals surface area contributed by atoms with Crippen molar-refractivity contribution in [3.63, 3.8) is 0 Å². The second-order valence-corrected chi connectivity index (χ2v) is 4.77. The second kappa shape index (κ2) is 6.92. The van der Waals surface area contributed by atoms with E-state index in [0.717, 1.165) is 4.90 Å². The number of hydrogen-bond acceptors (Lipinski definition) is 5.